The van der Waals surface area contributed by atoms with Crippen LogP contribution < -0.4 is 11.1 Å². The van der Waals surface area contributed by atoms with Crippen molar-refractivity contribution in [3.8, 4) is 0 Å². The second-order valence-electron chi connectivity index (χ2n) is 6.83. The molecule has 3 N–H and O–H groups in total. The molecule has 2 saturated carbocycles. The fraction of sp³-hybridized carbons (Fsp3) is 0.500. The summed E-state index contributed by atoms with van der Waals surface area (Å²) in [6.07, 6.45) is 5.67. The largest absolute Gasteiger partial charge is 0.451 e. The molecule has 4 nitrogen and oxygen atoms in total. The molecule has 2 bridgehead atoms. The quantitative estimate of drug-likeness (QED) is 0.895. The highest BCUT2D eigenvalue weighted by Crippen LogP contribution is 2.39. The van der Waals surface area contributed by atoms with E-state index in [2.05, 4.69) is 5.32 Å². The molecule has 4 rings (SSSR count). The SMILES string of the molecule is NC1CC2CCCC(C1)C2NC(=O)c1cc2ccccc2o1. The van der Waals surface area contributed by atoms with E-state index >= 15 is 0 Å². The van der Waals surface area contributed by atoms with Crippen LogP contribution in [0.3, 0.4) is 0 Å². The van der Waals surface area contributed by atoms with Crippen LogP contribution in [0.2, 0.25) is 0 Å². The van der Waals surface area contributed by atoms with Crippen LogP contribution in [0.5, 0.6) is 0 Å². The van der Waals surface area contributed by atoms with Crippen LogP contribution in [0.15, 0.2) is 34.7 Å². The van der Waals surface area contributed by atoms with E-state index in [-0.39, 0.29) is 11.9 Å². The Bertz CT molecular complexity index is 646. The van der Waals surface area contributed by atoms with Gasteiger partial charge in [0, 0.05) is 17.5 Å². The molecule has 2 atom stereocenters. The summed E-state index contributed by atoms with van der Waals surface area (Å²) in [6, 6.07) is 10.1. The third-order valence-electron chi connectivity index (χ3n) is 5.32. The molecular weight excluding hydrogens is 276 g/mol. The third-order valence-corrected chi connectivity index (χ3v) is 5.32. The van der Waals surface area contributed by atoms with Crippen LogP contribution >= 0.6 is 0 Å². The van der Waals surface area contributed by atoms with Gasteiger partial charge in [-0.25, -0.2) is 0 Å². The highest BCUT2D eigenvalue weighted by Gasteiger charge is 2.40. The Hall–Kier alpha value is -1.81. The van der Waals surface area contributed by atoms with Crippen molar-refractivity contribution in [3.05, 3.63) is 36.1 Å². The first-order valence-corrected chi connectivity index (χ1v) is 8.26. The van der Waals surface area contributed by atoms with Crippen LogP contribution in [-0.4, -0.2) is 18.0 Å². The number of amides is 1. The lowest BCUT2D eigenvalue weighted by Crippen LogP contribution is -2.53. The van der Waals surface area contributed by atoms with Crippen LogP contribution in [0.25, 0.3) is 11.0 Å². The third kappa shape index (κ3) is 2.41. The summed E-state index contributed by atoms with van der Waals surface area (Å²) in [4.78, 5) is 12.6. The van der Waals surface area contributed by atoms with Gasteiger partial charge in [0.2, 0.25) is 0 Å². The highest BCUT2D eigenvalue weighted by molar-refractivity contribution is 5.96. The monoisotopic (exact) mass is 298 g/mol. The summed E-state index contributed by atoms with van der Waals surface area (Å²) in [5.41, 5.74) is 6.91. The first kappa shape index (κ1) is 13.8. The molecule has 2 fully saturated rings. The van der Waals surface area contributed by atoms with Crippen LogP contribution in [0, 0.1) is 11.8 Å². The normalized spacial score (nSPS) is 31.1. The molecule has 2 aromatic rings. The molecule has 1 aromatic heterocycles. The average Bonchev–Trinajstić information content (AvgIpc) is 2.92. The number of rotatable bonds is 2. The molecule has 1 heterocycles. The summed E-state index contributed by atoms with van der Waals surface area (Å²) in [6.45, 7) is 0. The number of furan rings is 1. The van der Waals surface area contributed by atoms with Gasteiger partial charge in [-0.1, -0.05) is 24.6 Å². The minimum Gasteiger partial charge on any atom is -0.451 e. The van der Waals surface area contributed by atoms with Crippen molar-refractivity contribution in [2.45, 2.75) is 44.2 Å². The minimum atomic E-state index is -0.0893. The Morgan fingerprint density at radius 3 is 2.64 bits per heavy atom. The van der Waals surface area contributed by atoms with E-state index in [9.17, 15) is 4.79 Å². The van der Waals surface area contributed by atoms with Crippen molar-refractivity contribution in [3.63, 3.8) is 0 Å². The van der Waals surface area contributed by atoms with Crippen molar-refractivity contribution < 1.29 is 9.21 Å². The molecule has 1 amide bonds. The van der Waals surface area contributed by atoms with Gasteiger partial charge in [0.15, 0.2) is 5.76 Å². The first-order chi connectivity index (χ1) is 10.7. The lowest BCUT2D eigenvalue weighted by atomic mass is 9.67. The number of carbonyl (C=O) groups is 1. The van der Waals surface area contributed by atoms with Gasteiger partial charge in [-0.15, -0.1) is 0 Å². The molecule has 1 aromatic carbocycles. The second-order valence-corrected chi connectivity index (χ2v) is 6.83. The number of hydrogen-bond donors (Lipinski definition) is 2. The van der Waals surface area contributed by atoms with Gasteiger partial charge >= 0.3 is 0 Å². The number of benzene rings is 1. The summed E-state index contributed by atoms with van der Waals surface area (Å²) >= 11 is 0. The van der Waals surface area contributed by atoms with E-state index in [1.807, 2.05) is 30.3 Å². The topological polar surface area (TPSA) is 68.3 Å². The molecule has 2 aliphatic carbocycles. The van der Waals surface area contributed by atoms with Gasteiger partial charge in [-0.2, -0.15) is 0 Å². The van der Waals surface area contributed by atoms with Crippen molar-refractivity contribution in [1.29, 1.82) is 0 Å². The number of hydrogen-bond acceptors (Lipinski definition) is 3. The Kier molecular flexibility index (Phi) is 3.41. The lowest BCUT2D eigenvalue weighted by molar-refractivity contribution is 0.0734. The molecule has 0 radical (unpaired) electrons. The highest BCUT2D eigenvalue weighted by atomic mass is 16.3. The number of nitrogens with one attached hydrogen (secondary N) is 1. The fourth-order valence-corrected chi connectivity index (χ4v) is 4.34. The summed E-state index contributed by atoms with van der Waals surface area (Å²) in [7, 11) is 0. The fourth-order valence-electron chi connectivity index (χ4n) is 4.34. The lowest BCUT2D eigenvalue weighted by Gasteiger charge is -2.45. The molecular formula is C18H22N2O2. The molecule has 116 valence electrons. The van der Waals surface area contributed by atoms with Gasteiger partial charge in [0.25, 0.3) is 5.91 Å². The van der Waals surface area contributed by atoms with E-state index in [1.165, 1.54) is 19.3 Å². The predicted octanol–water partition coefficient (Wildman–Crippen LogP) is 3.07. The maximum absolute atomic E-state index is 12.6. The van der Waals surface area contributed by atoms with Gasteiger partial charge < -0.3 is 15.5 Å². The molecule has 22 heavy (non-hydrogen) atoms. The van der Waals surface area contributed by atoms with Crippen molar-refractivity contribution in [2.75, 3.05) is 0 Å². The number of fused-ring (bicyclic) bond motifs is 3. The maximum Gasteiger partial charge on any atom is 0.287 e. The van der Waals surface area contributed by atoms with Crippen LogP contribution in [-0.2, 0) is 0 Å². The van der Waals surface area contributed by atoms with Gasteiger partial charge in [0.1, 0.15) is 5.58 Å². The summed E-state index contributed by atoms with van der Waals surface area (Å²) in [5, 5.41) is 4.20. The first-order valence-electron chi connectivity index (χ1n) is 8.26. The Balaban J connectivity index is 1.54. The molecule has 2 unspecified atom stereocenters. The zero-order chi connectivity index (χ0) is 15.1. The number of nitrogens with two attached hydrogens (primary N) is 1. The molecule has 0 saturated heterocycles. The standard InChI is InChI=1S/C18H22N2O2/c19-14-8-12-5-3-6-13(9-14)17(12)20-18(21)16-10-11-4-1-2-7-15(11)22-16/h1-2,4,7,10,12-14,17H,3,5-6,8-9,19H2,(H,20,21). The van der Waals surface area contributed by atoms with E-state index < -0.39 is 0 Å². The Labute approximate surface area is 130 Å². The van der Waals surface area contributed by atoms with E-state index in [0.717, 1.165) is 23.8 Å². The Morgan fingerprint density at radius 2 is 1.91 bits per heavy atom. The van der Waals surface area contributed by atoms with Crippen molar-refractivity contribution in [2.24, 2.45) is 17.6 Å². The second kappa shape index (κ2) is 5.43. The molecule has 2 aliphatic rings. The van der Waals surface area contributed by atoms with E-state index in [1.54, 1.807) is 0 Å². The Morgan fingerprint density at radius 1 is 1.18 bits per heavy atom. The summed E-state index contributed by atoms with van der Waals surface area (Å²) < 4.78 is 5.68. The predicted molar refractivity (Wildman–Crippen MR) is 85.5 cm³/mol. The zero-order valence-corrected chi connectivity index (χ0v) is 12.6. The minimum absolute atomic E-state index is 0.0893. The van der Waals surface area contributed by atoms with Crippen LogP contribution in [0.1, 0.15) is 42.7 Å². The molecule has 0 spiro atoms. The molecule has 4 heteroatoms. The van der Waals surface area contributed by atoms with Crippen molar-refractivity contribution in [1.82, 2.24) is 5.32 Å². The van der Waals surface area contributed by atoms with Gasteiger partial charge in [0.05, 0.1) is 0 Å². The number of para-hydroxylation sites is 1. The van der Waals surface area contributed by atoms with Crippen LogP contribution in [0.4, 0.5) is 0 Å². The van der Waals surface area contributed by atoms with E-state index in [4.69, 9.17) is 10.2 Å². The van der Waals surface area contributed by atoms with Crippen molar-refractivity contribution >= 4 is 16.9 Å². The zero-order valence-electron chi connectivity index (χ0n) is 12.6. The van der Waals surface area contributed by atoms with Gasteiger partial charge in [-0.3, -0.25) is 4.79 Å². The van der Waals surface area contributed by atoms with E-state index in [0.29, 0.717) is 23.6 Å². The number of carbonyl (C=O) groups excluding carboxylic acids is 1. The maximum atomic E-state index is 12.6. The van der Waals surface area contributed by atoms with Gasteiger partial charge in [-0.05, 0) is 49.7 Å². The smallest absolute Gasteiger partial charge is 0.287 e. The average molecular weight is 298 g/mol. The molecule has 0 aliphatic heterocycles. The summed E-state index contributed by atoms with van der Waals surface area (Å²) in [5.74, 6) is 1.37.